The molecule has 0 radical (unpaired) electrons. The van der Waals surface area contributed by atoms with Gasteiger partial charge in [-0.1, -0.05) is 0 Å². The highest BCUT2D eigenvalue weighted by molar-refractivity contribution is 7.11. The quantitative estimate of drug-likeness (QED) is 0.791. The molecule has 0 aromatic carbocycles. The number of rotatable bonds is 2. The van der Waals surface area contributed by atoms with E-state index < -0.39 is 6.10 Å². The van der Waals surface area contributed by atoms with Crippen LogP contribution in [-0.2, 0) is 7.05 Å². The molecule has 5 nitrogen and oxygen atoms in total. The van der Waals surface area contributed by atoms with Crippen LogP contribution in [0.5, 0.6) is 0 Å². The van der Waals surface area contributed by atoms with Crippen molar-refractivity contribution in [1.29, 1.82) is 0 Å². The average molecular weight is 210 g/mol. The number of thiazole rings is 1. The maximum absolute atomic E-state index is 9.90. The normalized spacial score (nSPS) is 13.1. The molecule has 1 N–H and O–H groups in total. The molecule has 14 heavy (non-hydrogen) atoms. The number of aliphatic hydroxyl groups is 1. The van der Waals surface area contributed by atoms with Crippen LogP contribution in [0.1, 0.15) is 21.8 Å². The monoisotopic (exact) mass is 210 g/mol. The first-order valence-electron chi connectivity index (χ1n) is 4.13. The lowest BCUT2D eigenvalue weighted by molar-refractivity contribution is 0.204. The van der Waals surface area contributed by atoms with Gasteiger partial charge in [-0.05, 0) is 6.92 Å². The van der Waals surface area contributed by atoms with E-state index >= 15 is 0 Å². The highest BCUT2D eigenvalue weighted by Crippen LogP contribution is 2.23. The Hall–Kier alpha value is -1.27. The molecule has 1 atom stereocenters. The van der Waals surface area contributed by atoms with E-state index in [0.29, 0.717) is 10.8 Å². The van der Waals surface area contributed by atoms with Gasteiger partial charge in [-0.15, -0.1) is 11.3 Å². The van der Waals surface area contributed by atoms with E-state index in [1.807, 2.05) is 6.92 Å². The van der Waals surface area contributed by atoms with Crippen molar-refractivity contribution in [2.75, 3.05) is 0 Å². The van der Waals surface area contributed by atoms with Crippen LogP contribution >= 0.6 is 11.3 Å². The SMILES string of the molecule is Cc1cnc(C(O)c2ncnn2C)s1. The minimum atomic E-state index is -0.777. The molecule has 6 heteroatoms. The second-order valence-corrected chi connectivity index (χ2v) is 4.22. The summed E-state index contributed by atoms with van der Waals surface area (Å²) in [5.41, 5.74) is 0. The molecule has 1 unspecified atom stereocenters. The Morgan fingerprint density at radius 3 is 2.79 bits per heavy atom. The van der Waals surface area contributed by atoms with E-state index in [-0.39, 0.29) is 0 Å². The molecular formula is C8H10N4OS. The fraction of sp³-hybridized carbons (Fsp3) is 0.375. The summed E-state index contributed by atoms with van der Waals surface area (Å²) >= 11 is 1.46. The fourth-order valence-electron chi connectivity index (χ4n) is 1.16. The van der Waals surface area contributed by atoms with E-state index in [1.54, 1.807) is 17.9 Å². The second-order valence-electron chi connectivity index (χ2n) is 2.95. The van der Waals surface area contributed by atoms with Crippen molar-refractivity contribution in [2.45, 2.75) is 13.0 Å². The van der Waals surface area contributed by atoms with E-state index in [2.05, 4.69) is 15.1 Å². The summed E-state index contributed by atoms with van der Waals surface area (Å²) in [5.74, 6) is 0.513. The minimum absolute atomic E-state index is 0.513. The Morgan fingerprint density at radius 1 is 1.50 bits per heavy atom. The van der Waals surface area contributed by atoms with E-state index in [4.69, 9.17) is 0 Å². The third-order valence-corrected chi connectivity index (χ3v) is 2.83. The summed E-state index contributed by atoms with van der Waals surface area (Å²) in [4.78, 5) is 9.14. The summed E-state index contributed by atoms with van der Waals surface area (Å²) in [6.07, 6.45) is 2.37. The first-order chi connectivity index (χ1) is 6.68. The van der Waals surface area contributed by atoms with Crippen LogP contribution in [0, 0.1) is 6.92 Å². The topological polar surface area (TPSA) is 63.8 Å². The van der Waals surface area contributed by atoms with Gasteiger partial charge in [0.1, 0.15) is 11.3 Å². The van der Waals surface area contributed by atoms with Crippen molar-refractivity contribution in [2.24, 2.45) is 7.05 Å². The van der Waals surface area contributed by atoms with Crippen LogP contribution in [0.2, 0.25) is 0 Å². The Balaban J connectivity index is 2.33. The van der Waals surface area contributed by atoms with Gasteiger partial charge >= 0.3 is 0 Å². The lowest BCUT2D eigenvalue weighted by Crippen LogP contribution is -2.07. The zero-order valence-corrected chi connectivity index (χ0v) is 8.69. The molecule has 0 aliphatic heterocycles. The Morgan fingerprint density at radius 2 is 2.29 bits per heavy atom. The van der Waals surface area contributed by atoms with Crippen molar-refractivity contribution >= 4 is 11.3 Å². The summed E-state index contributed by atoms with van der Waals surface area (Å²) in [6.45, 7) is 1.95. The Labute approximate surface area is 85.1 Å². The number of aryl methyl sites for hydroxylation is 2. The minimum Gasteiger partial charge on any atom is -0.378 e. The molecular weight excluding hydrogens is 200 g/mol. The van der Waals surface area contributed by atoms with Gasteiger partial charge in [0.05, 0.1) is 0 Å². The molecule has 2 heterocycles. The van der Waals surface area contributed by atoms with Crippen molar-refractivity contribution < 1.29 is 5.11 Å². The van der Waals surface area contributed by atoms with Crippen LogP contribution in [0.3, 0.4) is 0 Å². The molecule has 0 spiro atoms. The fourth-order valence-corrected chi connectivity index (χ4v) is 1.92. The average Bonchev–Trinajstić information content (AvgIpc) is 2.73. The van der Waals surface area contributed by atoms with Gasteiger partial charge in [-0.2, -0.15) is 5.10 Å². The maximum atomic E-state index is 9.90. The molecule has 2 rings (SSSR count). The molecule has 0 saturated carbocycles. The van der Waals surface area contributed by atoms with Crippen LogP contribution in [-0.4, -0.2) is 24.9 Å². The lowest BCUT2D eigenvalue weighted by atomic mass is 10.3. The number of hydrogen-bond acceptors (Lipinski definition) is 5. The van der Waals surface area contributed by atoms with Crippen LogP contribution in [0.25, 0.3) is 0 Å². The van der Waals surface area contributed by atoms with Gasteiger partial charge in [0.15, 0.2) is 11.9 Å². The zero-order chi connectivity index (χ0) is 10.1. The Kier molecular flexibility index (Phi) is 2.30. The summed E-state index contributed by atoms with van der Waals surface area (Å²) < 4.78 is 1.54. The standard InChI is InChI=1S/C8H10N4OS/c1-5-3-9-8(14-5)6(13)7-10-4-11-12(7)2/h3-4,6,13H,1-2H3. The molecule has 0 saturated heterocycles. The van der Waals surface area contributed by atoms with Crippen LogP contribution in [0.4, 0.5) is 0 Å². The number of nitrogens with zero attached hydrogens (tertiary/aromatic N) is 4. The first-order valence-corrected chi connectivity index (χ1v) is 4.94. The third-order valence-electron chi connectivity index (χ3n) is 1.86. The smallest absolute Gasteiger partial charge is 0.165 e. The Bertz CT molecular complexity index is 436. The van der Waals surface area contributed by atoms with Crippen molar-refractivity contribution in [3.63, 3.8) is 0 Å². The van der Waals surface area contributed by atoms with Gasteiger partial charge in [0.2, 0.25) is 0 Å². The van der Waals surface area contributed by atoms with Crippen LogP contribution in [0.15, 0.2) is 12.5 Å². The predicted molar refractivity (Wildman–Crippen MR) is 51.9 cm³/mol. The summed E-state index contributed by atoms with van der Waals surface area (Å²) in [7, 11) is 1.74. The van der Waals surface area contributed by atoms with Crippen molar-refractivity contribution in [1.82, 2.24) is 19.7 Å². The highest BCUT2D eigenvalue weighted by Gasteiger charge is 2.18. The van der Waals surface area contributed by atoms with Gasteiger partial charge < -0.3 is 5.11 Å². The molecule has 2 aromatic rings. The molecule has 0 aliphatic rings. The second kappa shape index (κ2) is 3.47. The molecule has 0 aliphatic carbocycles. The lowest BCUT2D eigenvalue weighted by Gasteiger charge is -2.05. The molecule has 0 bridgehead atoms. The molecule has 2 aromatic heterocycles. The van der Waals surface area contributed by atoms with Crippen molar-refractivity contribution in [3.05, 3.63) is 28.2 Å². The van der Waals surface area contributed by atoms with E-state index in [1.165, 1.54) is 17.7 Å². The van der Waals surface area contributed by atoms with Crippen LogP contribution < -0.4 is 0 Å². The summed E-state index contributed by atoms with van der Waals surface area (Å²) in [5, 5.41) is 14.4. The number of aromatic nitrogens is 4. The van der Waals surface area contributed by atoms with E-state index in [0.717, 1.165) is 4.88 Å². The third kappa shape index (κ3) is 1.53. The molecule has 0 fully saturated rings. The van der Waals surface area contributed by atoms with E-state index in [9.17, 15) is 5.11 Å². The molecule has 74 valence electrons. The predicted octanol–water partition coefficient (Wildman–Crippen LogP) is 0.662. The van der Waals surface area contributed by atoms with Gasteiger partial charge in [0, 0.05) is 18.1 Å². The zero-order valence-electron chi connectivity index (χ0n) is 7.88. The first kappa shape index (κ1) is 9.29. The number of hydrogen-bond donors (Lipinski definition) is 1. The number of aliphatic hydroxyl groups excluding tert-OH is 1. The van der Waals surface area contributed by atoms with Gasteiger partial charge in [-0.25, -0.2) is 9.97 Å². The largest absolute Gasteiger partial charge is 0.378 e. The van der Waals surface area contributed by atoms with Gasteiger partial charge in [0.25, 0.3) is 0 Å². The molecule has 0 amide bonds. The summed E-state index contributed by atoms with van der Waals surface area (Å²) in [6, 6.07) is 0. The van der Waals surface area contributed by atoms with Gasteiger partial charge in [-0.3, -0.25) is 4.68 Å². The van der Waals surface area contributed by atoms with Crippen molar-refractivity contribution in [3.8, 4) is 0 Å². The maximum Gasteiger partial charge on any atom is 0.165 e. The highest BCUT2D eigenvalue weighted by atomic mass is 32.1.